The van der Waals surface area contributed by atoms with Gasteiger partial charge in [-0.05, 0) is 24.5 Å². The van der Waals surface area contributed by atoms with E-state index in [0.29, 0.717) is 16.5 Å². The maximum atomic E-state index is 14.5. The molecule has 22 N–H and O–H groups in total. The van der Waals surface area contributed by atoms with Crippen LogP contribution in [-0.4, -0.2) is 398 Å². The summed E-state index contributed by atoms with van der Waals surface area (Å²) < 4.78 is 113. The van der Waals surface area contributed by atoms with Crippen LogP contribution in [-0.2, 0) is 81.1 Å². The summed E-state index contributed by atoms with van der Waals surface area (Å²) in [6.45, 7) is -4.06. The molecular weight excluding hydrogens is 1390 g/mol. The number of sulfonamides is 1. The molecule has 40 nitrogen and oxygen atoms in total. The molecule has 2 aromatic carbocycles. The van der Waals surface area contributed by atoms with Gasteiger partial charge in [-0.1, -0.05) is 38.1 Å². The van der Waals surface area contributed by atoms with Crippen LogP contribution in [0.15, 0.2) is 41.3 Å². The second kappa shape index (κ2) is 33.8. The molecule has 0 spiro atoms. The average molecular weight is 1480 g/mol. The number of hydrogen-bond acceptors (Lipinski definition) is 38. The Labute approximate surface area is 576 Å². The minimum Gasteiger partial charge on any atom is -0.394 e. The number of anilines is 1. The number of nitrogens with one attached hydrogen (secondary N) is 2. The van der Waals surface area contributed by atoms with Crippen LogP contribution in [0, 0.1) is 5.92 Å². The number of amides is 1. The molecule has 0 saturated carbocycles. The molecule has 21 aliphatic rings. The van der Waals surface area contributed by atoms with E-state index in [1.165, 1.54) is 12.1 Å². The molecule has 41 heteroatoms. The number of hydrogen-bond donors (Lipinski definition) is 22. The lowest BCUT2D eigenvalue weighted by Crippen LogP contribution is -2.68. The number of aliphatic hydroxyl groups excluding tert-OH is 20. The lowest BCUT2D eigenvalue weighted by Gasteiger charge is -2.50. The fraction of sp³-hybridized carbons (Fsp3) is 0.817. The number of fused-ring (bicyclic) bond motifs is 1. The van der Waals surface area contributed by atoms with Gasteiger partial charge in [-0.15, -0.1) is 0 Å². The Morgan fingerprint density at radius 1 is 0.386 bits per heavy atom. The van der Waals surface area contributed by atoms with Gasteiger partial charge < -0.3 is 179 Å². The van der Waals surface area contributed by atoms with E-state index in [4.69, 9.17) is 66.3 Å². The number of aliphatic hydroxyl groups is 20. The third-order valence-corrected chi connectivity index (χ3v) is 20.6. The van der Waals surface area contributed by atoms with Crippen LogP contribution in [0.3, 0.4) is 0 Å². The molecule has 0 aliphatic carbocycles. The van der Waals surface area contributed by atoms with Crippen LogP contribution in [0.5, 0.6) is 0 Å². The molecular formula is C60H93N3O37S. The minimum absolute atomic E-state index is 0.135. The molecule has 2 aromatic rings. The van der Waals surface area contributed by atoms with E-state index in [9.17, 15) is 115 Å². The van der Waals surface area contributed by atoms with Crippen molar-refractivity contribution in [2.24, 2.45) is 5.92 Å². The highest BCUT2D eigenvalue weighted by molar-refractivity contribution is 7.89. The van der Waals surface area contributed by atoms with Gasteiger partial charge in [-0.2, -0.15) is 4.72 Å². The summed E-state index contributed by atoms with van der Waals surface area (Å²) in [5.41, 5.74) is 0.682. The second-order valence-electron chi connectivity index (χ2n) is 26.5. The van der Waals surface area contributed by atoms with Crippen LogP contribution >= 0.6 is 0 Å². The van der Waals surface area contributed by atoms with Gasteiger partial charge in [0, 0.05) is 37.1 Å². The van der Waals surface area contributed by atoms with Gasteiger partial charge in [0.15, 0.2) is 44.0 Å². The zero-order valence-corrected chi connectivity index (χ0v) is 55.5. The number of nitrogens with zero attached hydrogens (tertiary/aromatic N) is 1. The molecule has 1 amide bonds. The quantitative estimate of drug-likeness (QED) is 0.0787. The summed E-state index contributed by atoms with van der Waals surface area (Å²) >= 11 is 0. The zero-order chi connectivity index (χ0) is 73.5. The van der Waals surface area contributed by atoms with Gasteiger partial charge in [0.2, 0.25) is 15.9 Å². The summed E-state index contributed by atoms with van der Waals surface area (Å²) in [4.78, 5) is 16.1. The smallest absolute Gasteiger partial charge is 0.241 e. The molecule has 23 rings (SSSR count). The topological polar surface area (TPSA) is 612 Å². The highest BCUT2D eigenvalue weighted by Crippen LogP contribution is 2.40. The Hall–Kier alpha value is -3.48. The Balaban J connectivity index is 0.957. The normalized spacial score (nSPS) is 45.5. The largest absolute Gasteiger partial charge is 0.394 e. The maximum Gasteiger partial charge on any atom is 0.241 e. The fourth-order valence-electron chi connectivity index (χ4n) is 13.6. The van der Waals surface area contributed by atoms with E-state index in [1.807, 2.05) is 0 Å². The summed E-state index contributed by atoms with van der Waals surface area (Å²) in [6.07, 6.45) is -73.5. The molecule has 0 radical (unpaired) electrons. The van der Waals surface area contributed by atoms with Crippen LogP contribution in [0.2, 0.25) is 0 Å². The first-order valence-corrected chi connectivity index (χ1v) is 34.2. The Kier molecular flexibility index (Phi) is 26.8. The summed E-state index contributed by atoms with van der Waals surface area (Å²) in [6, 6.07) is 8.04. The van der Waals surface area contributed by atoms with Crippen molar-refractivity contribution in [1.29, 1.82) is 0 Å². The van der Waals surface area contributed by atoms with E-state index < -0.39 is 283 Å². The van der Waals surface area contributed by atoms with Gasteiger partial charge in [-0.25, -0.2) is 8.42 Å². The Morgan fingerprint density at radius 2 is 0.644 bits per heavy atom. The van der Waals surface area contributed by atoms with E-state index in [1.54, 1.807) is 57.1 Å². The number of carbonyl (C=O) groups excluding carboxylic acids is 1. The van der Waals surface area contributed by atoms with Crippen molar-refractivity contribution in [3.8, 4) is 0 Å². The van der Waals surface area contributed by atoms with Gasteiger partial charge in [0.1, 0.15) is 177 Å². The fourth-order valence-corrected chi connectivity index (χ4v) is 15.0. The van der Waals surface area contributed by atoms with Crippen LogP contribution in [0.4, 0.5) is 5.69 Å². The number of carbonyl (C=O) groups is 1. The van der Waals surface area contributed by atoms with E-state index >= 15 is 0 Å². The molecule has 14 bridgehead atoms. The van der Waals surface area contributed by atoms with Gasteiger partial charge in [0.05, 0.1) is 44.5 Å². The molecule has 21 fully saturated rings. The van der Waals surface area contributed by atoms with Crippen LogP contribution < -0.4 is 14.9 Å². The first-order chi connectivity index (χ1) is 47.9. The first-order valence-electron chi connectivity index (χ1n) is 32.8. The third-order valence-electron chi connectivity index (χ3n) is 19.0. The minimum atomic E-state index is -4.56. The maximum absolute atomic E-state index is 14.5. The van der Waals surface area contributed by atoms with Crippen molar-refractivity contribution in [2.45, 2.75) is 246 Å². The summed E-state index contributed by atoms with van der Waals surface area (Å²) in [5.74, 6) is -1.38. The first kappa shape index (κ1) is 80.1. The third kappa shape index (κ3) is 16.5. The van der Waals surface area contributed by atoms with Crippen molar-refractivity contribution in [3.63, 3.8) is 0 Å². The second-order valence-corrected chi connectivity index (χ2v) is 28.2. The zero-order valence-electron chi connectivity index (χ0n) is 54.7. The van der Waals surface area contributed by atoms with Crippen molar-refractivity contribution < 1.29 is 182 Å². The molecule has 0 aromatic heterocycles. The molecule has 576 valence electrons. The van der Waals surface area contributed by atoms with E-state index in [0.717, 1.165) is 0 Å². The van der Waals surface area contributed by atoms with E-state index in [-0.39, 0.29) is 17.2 Å². The van der Waals surface area contributed by atoms with Gasteiger partial charge in [0.25, 0.3) is 0 Å². The molecule has 101 heavy (non-hydrogen) atoms. The highest BCUT2D eigenvalue weighted by atomic mass is 32.2. The molecule has 36 atom stereocenters. The number of rotatable bonds is 15. The molecule has 21 aliphatic heterocycles. The van der Waals surface area contributed by atoms with E-state index in [2.05, 4.69) is 10.0 Å². The molecule has 0 unspecified atom stereocenters. The molecule has 21 saturated heterocycles. The highest BCUT2D eigenvalue weighted by Gasteiger charge is 2.60. The summed E-state index contributed by atoms with van der Waals surface area (Å²) in [5, 5.41) is 230. The van der Waals surface area contributed by atoms with Gasteiger partial charge in [-0.3, -0.25) is 4.79 Å². The number of benzene rings is 2. The predicted molar refractivity (Wildman–Crippen MR) is 326 cm³/mol. The lowest BCUT2D eigenvalue weighted by molar-refractivity contribution is -0.396. The van der Waals surface area contributed by atoms with Crippen molar-refractivity contribution >= 4 is 32.4 Å². The van der Waals surface area contributed by atoms with Gasteiger partial charge >= 0.3 is 0 Å². The van der Waals surface area contributed by atoms with Crippen LogP contribution in [0.1, 0.15) is 20.3 Å². The monoisotopic (exact) mass is 1480 g/mol. The molecule has 21 heterocycles. The average Bonchev–Trinajstić information content (AvgIpc) is 0.794. The summed E-state index contributed by atoms with van der Waals surface area (Å²) in [7, 11) is -1.03. The van der Waals surface area contributed by atoms with Crippen LogP contribution in [0.25, 0.3) is 10.8 Å². The Bertz CT molecular complexity index is 3100. The SMILES string of the molecule is CC(C)C[C@@H](NS(=O)(=O)c1cccc2c(N(C)C)cccc12)C(=O)NC[C@H]1O[C@@H]2O[C@H]3[C@H](O)[C@@H](O)[C@@H](O[C@H]4[C@H](O)[C@@H](O)[C@@H](O[C@H]5[C@H](O)[C@@H](O)[C@@H](O[C@H]6[C@H](O)[C@@H](O)[C@@H](O[C@H]7[C@H](O)[C@@H](O)[C@@H](O[C@H]8[C@H](O)[C@@H](O)[C@@H](O[C@H]1[C@H](O)[C@H]2O)O[C@@H]8CO)O[C@@H]7CO)O[C@@H]6CO)O[C@@H]5CO)O[C@@H]4CO)O[C@@H]3CO. The van der Waals surface area contributed by atoms with Crippen molar-refractivity contribution in [3.05, 3.63) is 36.4 Å². The van der Waals surface area contributed by atoms with Crippen molar-refractivity contribution in [2.75, 3.05) is 65.2 Å². The number of ether oxygens (including phenoxy) is 14. The lowest BCUT2D eigenvalue weighted by atomic mass is 9.95. The van der Waals surface area contributed by atoms with Crippen molar-refractivity contribution in [1.82, 2.24) is 10.0 Å². The Morgan fingerprint density at radius 3 is 0.911 bits per heavy atom. The standard InChI is InChI=1S/C60H93N3O37S/c1-19(2)11-22(62-101(85,86)31-10-6-7-20-21(31)8-5-9-23(20)63(3)4)53(84)61-12-24-46-32(70)39(77)54(87-24)95-47-25(13-64)89-56(41(79)34(47)72)97-49-27(15-66)91-58(43(81)36(49)74)99-51-29(17-68)93-60(45(83)38(51)76)100-52-30(18-69)92-59(44(82)37(52)75)98-50-28(16-67)90-57(42(80)35(50)73)96-48-26(14-65)88-55(94-46)40(78)33(48)71/h5-10,19,22,24-30,32-52,54-60,62,64-83H,11-18H2,1-4H3,(H,61,84)/t22-,24-,25-,26-,27-,28-,29-,30-,32-,33-,34-,35-,36-,37-,38-,39-,40-,41-,42-,43-,44-,45-,46-,47-,48-,49-,50-,51-,52-,54-,55-,56-,57-,58-,59-,60-/m1/s1. The predicted octanol–water partition coefficient (Wildman–Crippen LogP) is -12.5.